The second-order valence-electron chi connectivity index (χ2n) is 10.5. The number of aryl methyl sites for hydroxylation is 2. The first-order valence-corrected chi connectivity index (χ1v) is 14.0. The van der Waals surface area contributed by atoms with Gasteiger partial charge in [-0.25, -0.2) is 0 Å². The van der Waals surface area contributed by atoms with Gasteiger partial charge in [-0.1, -0.05) is 6.92 Å². The van der Waals surface area contributed by atoms with E-state index in [2.05, 4.69) is 16.4 Å². The molecule has 1 aliphatic carbocycles. The number of aromatic nitrogens is 2. The molecule has 2 aromatic carbocycles. The Kier molecular flexibility index (Phi) is 8.24. The van der Waals surface area contributed by atoms with Crippen LogP contribution in [0.5, 0.6) is 17.2 Å². The predicted molar refractivity (Wildman–Crippen MR) is 157 cm³/mol. The number of methoxy groups -OCH3 is 2. The lowest BCUT2D eigenvalue weighted by Crippen LogP contribution is -2.21. The molecule has 0 unspecified atom stereocenters. The number of nitrogens with zero attached hydrogens (tertiary/aromatic N) is 1. The number of nitrogens with one attached hydrogen (secondary N) is 2. The summed E-state index contributed by atoms with van der Waals surface area (Å²) in [5.41, 5.74) is 4.15. The summed E-state index contributed by atoms with van der Waals surface area (Å²) in [6.07, 6.45) is 4.96. The van der Waals surface area contributed by atoms with Crippen LogP contribution in [0, 0.1) is 5.92 Å². The highest BCUT2D eigenvalue weighted by Gasteiger charge is 2.22. The quantitative estimate of drug-likeness (QED) is 0.241. The van der Waals surface area contributed by atoms with Gasteiger partial charge in [0.1, 0.15) is 5.75 Å². The number of rotatable bonds is 12. The van der Waals surface area contributed by atoms with E-state index < -0.39 is 0 Å². The van der Waals surface area contributed by atoms with Crippen molar-refractivity contribution in [3.8, 4) is 17.2 Å². The Hall–Kier alpha value is -4.07. The van der Waals surface area contributed by atoms with Crippen molar-refractivity contribution in [2.24, 2.45) is 5.92 Å². The molecular formula is C32H37N3O5. The maximum Gasteiger partial charge on any atom is 0.252 e. The summed E-state index contributed by atoms with van der Waals surface area (Å²) >= 11 is 0. The average Bonchev–Trinajstić information content (AvgIpc) is 3.79. The Bertz CT molecular complexity index is 1610. The van der Waals surface area contributed by atoms with Crippen molar-refractivity contribution in [3.63, 3.8) is 0 Å². The van der Waals surface area contributed by atoms with Gasteiger partial charge in [0.15, 0.2) is 11.5 Å². The molecule has 0 atom stereocenters. The van der Waals surface area contributed by atoms with Crippen LogP contribution in [-0.4, -0.2) is 43.2 Å². The summed E-state index contributed by atoms with van der Waals surface area (Å²) in [6, 6.07) is 12.0. The number of amides is 1. The third-order valence-corrected chi connectivity index (χ3v) is 7.53. The van der Waals surface area contributed by atoms with Crippen LogP contribution in [0.1, 0.15) is 55.6 Å². The number of aromatic amines is 1. The third-order valence-electron chi connectivity index (χ3n) is 7.53. The molecule has 40 heavy (non-hydrogen) atoms. The first-order chi connectivity index (χ1) is 19.4. The van der Waals surface area contributed by atoms with Crippen LogP contribution in [0.3, 0.4) is 0 Å². The topological polar surface area (TPSA) is 103 Å². The van der Waals surface area contributed by atoms with Gasteiger partial charge in [0, 0.05) is 47.6 Å². The highest BCUT2D eigenvalue weighted by atomic mass is 16.5. The molecule has 1 aliphatic rings. The summed E-state index contributed by atoms with van der Waals surface area (Å²) < 4.78 is 17.2. The molecule has 4 aromatic rings. The van der Waals surface area contributed by atoms with Gasteiger partial charge in [0.05, 0.1) is 26.3 Å². The number of carbonyl (C=O) groups is 1. The highest BCUT2D eigenvalue weighted by molar-refractivity contribution is 5.91. The number of hydrogen-bond donors (Lipinski definition) is 2. The lowest BCUT2D eigenvalue weighted by atomic mass is 9.95. The summed E-state index contributed by atoms with van der Waals surface area (Å²) in [5.74, 6) is 2.64. The molecule has 5 rings (SSSR count). The van der Waals surface area contributed by atoms with Crippen LogP contribution < -0.4 is 25.1 Å². The zero-order valence-electron chi connectivity index (χ0n) is 23.7. The fourth-order valence-electron chi connectivity index (χ4n) is 5.14. The second-order valence-corrected chi connectivity index (χ2v) is 10.5. The van der Waals surface area contributed by atoms with E-state index in [-0.39, 0.29) is 11.5 Å². The van der Waals surface area contributed by atoms with Gasteiger partial charge in [-0.2, -0.15) is 0 Å². The van der Waals surface area contributed by atoms with Crippen LogP contribution in [0.15, 0.2) is 41.2 Å². The van der Waals surface area contributed by atoms with E-state index in [9.17, 15) is 9.59 Å². The van der Waals surface area contributed by atoms with Gasteiger partial charge in [-0.15, -0.1) is 0 Å². The summed E-state index contributed by atoms with van der Waals surface area (Å²) in [4.78, 5) is 33.0. The smallest absolute Gasteiger partial charge is 0.252 e. The molecule has 8 heteroatoms. The average molecular weight is 544 g/mol. The molecule has 1 fully saturated rings. The maximum atomic E-state index is 13.5. The van der Waals surface area contributed by atoms with Crippen molar-refractivity contribution in [2.45, 2.75) is 52.4 Å². The number of hydrogen-bond acceptors (Lipinski definition) is 6. The minimum atomic E-state index is -0.123. The van der Waals surface area contributed by atoms with Crippen LogP contribution in [0.2, 0.25) is 0 Å². The first kappa shape index (κ1) is 27.5. The summed E-state index contributed by atoms with van der Waals surface area (Å²) in [7, 11) is 3.21. The van der Waals surface area contributed by atoms with Gasteiger partial charge in [-0.3, -0.25) is 14.6 Å². The Morgan fingerprint density at radius 1 is 1.07 bits per heavy atom. The number of ether oxygens (including phenoxy) is 3. The monoisotopic (exact) mass is 543 g/mol. The molecule has 0 saturated heterocycles. The standard InChI is InChI=1S/C32H37N3O5/c1-5-27-25-17-31(39-4)30(38-3)16-24(25)26(32(37)35-27)15-22-13-21-14-23(40-18-20-8-9-20)10-11-29(21)34-28(22)7-6-12-33-19(2)36/h10-11,13-14,16-17,20H,5-9,12,15,18H2,1-4H3,(H,33,36)(H,35,37). The van der Waals surface area contributed by atoms with E-state index in [1.165, 1.54) is 19.8 Å². The lowest BCUT2D eigenvalue weighted by molar-refractivity contribution is -0.118. The SMILES string of the molecule is CCc1[nH]c(=O)c(Cc2cc3cc(OCC4CC4)ccc3nc2CCCNC(C)=O)c2cc(OC)c(OC)cc12. The fraction of sp³-hybridized carbons (Fsp3) is 0.406. The van der Waals surface area contributed by atoms with E-state index in [1.54, 1.807) is 14.2 Å². The minimum Gasteiger partial charge on any atom is -0.493 e. The Labute approximate surface area is 234 Å². The number of carbonyl (C=O) groups excluding carboxylic acids is 1. The first-order valence-electron chi connectivity index (χ1n) is 14.0. The highest BCUT2D eigenvalue weighted by Crippen LogP contribution is 2.35. The second kappa shape index (κ2) is 12.0. The Balaban J connectivity index is 1.59. The lowest BCUT2D eigenvalue weighted by Gasteiger charge is -2.16. The predicted octanol–water partition coefficient (Wildman–Crippen LogP) is 5.10. The van der Waals surface area contributed by atoms with E-state index >= 15 is 0 Å². The van der Waals surface area contributed by atoms with Crippen LogP contribution in [0.25, 0.3) is 21.7 Å². The molecule has 0 radical (unpaired) electrons. The van der Waals surface area contributed by atoms with E-state index in [0.717, 1.165) is 57.4 Å². The molecule has 1 amide bonds. The fourth-order valence-corrected chi connectivity index (χ4v) is 5.14. The zero-order valence-corrected chi connectivity index (χ0v) is 23.7. The summed E-state index contributed by atoms with van der Waals surface area (Å²) in [5, 5.41) is 5.61. The van der Waals surface area contributed by atoms with E-state index in [1.807, 2.05) is 37.3 Å². The molecule has 2 heterocycles. The molecule has 210 valence electrons. The van der Waals surface area contributed by atoms with Crippen molar-refractivity contribution in [1.29, 1.82) is 0 Å². The largest absolute Gasteiger partial charge is 0.493 e. The zero-order chi connectivity index (χ0) is 28.2. The van der Waals surface area contributed by atoms with Crippen LogP contribution in [0.4, 0.5) is 0 Å². The molecule has 1 saturated carbocycles. The van der Waals surface area contributed by atoms with Crippen molar-refractivity contribution in [3.05, 3.63) is 69.3 Å². The van der Waals surface area contributed by atoms with Gasteiger partial charge >= 0.3 is 0 Å². The van der Waals surface area contributed by atoms with Crippen molar-refractivity contribution < 1.29 is 19.0 Å². The van der Waals surface area contributed by atoms with Crippen LogP contribution >= 0.6 is 0 Å². The molecule has 0 bridgehead atoms. The third kappa shape index (κ3) is 6.06. The number of fused-ring (bicyclic) bond motifs is 2. The number of H-pyrrole nitrogens is 1. The van der Waals surface area contributed by atoms with Crippen LogP contribution in [-0.2, 0) is 24.1 Å². The molecule has 2 N–H and O–H groups in total. The molecule has 0 spiro atoms. The normalized spacial score (nSPS) is 13.0. The van der Waals surface area contributed by atoms with Gasteiger partial charge < -0.3 is 24.5 Å². The van der Waals surface area contributed by atoms with E-state index in [4.69, 9.17) is 19.2 Å². The van der Waals surface area contributed by atoms with Crippen molar-refractivity contribution in [2.75, 3.05) is 27.4 Å². The molecule has 0 aliphatic heterocycles. The van der Waals surface area contributed by atoms with Gasteiger partial charge in [-0.05, 0) is 85.4 Å². The summed E-state index contributed by atoms with van der Waals surface area (Å²) in [6.45, 7) is 4.84. The molecular weight excluding hydrogens is 506 g/mol. The van der Waals surface area contributed by atoms with Crippen molar-refractivity contribution in [1.82, 2.24) is 15.3 Å². The van der Waals surface area contributed by atoms with Gasteiger partial charge in [0.2, 0.25) is 5.91 Å². The Morgan fingerprint density at radius 2 is 1.82 bits per heavy atom. The van der Waals surface area contributed by atoms with Gasteiger partial charge in [0.25, 0.3) is 5.56 Å². The molecule has 2 aromatic heterocycles. The van der Waals surface area contributed by atoms with Crippen molar-refractivity contribution >= 4 is 27.6 Å². The number of pyridine rings is 2. The van der Waals surface area contributed by atoms with E-state index in [0.29, 0.717) is 48.8 Å². The molecule has 8 nitrogen and oxygen atoms in total. The minimum absolute atomic E-state index is 0.0520. The maximum absolute atomic E-state index is 13.5. The number of benzene rings is 2. The Morgan fingerprint density at radius 3 is 2.50 bits per heavy atom.